The Morgan fingerprint density at radius 1 is 1.16 bits per heavy atom. The molecule has 2 heterocycles. The van der Waals surface area contributed by atoms with Crippen molar-refractivity contribution in [3.05, 3.63) is 29.6 Å². The molecule has 0 aliphatic carbocycles. The Balaban J connectivity index is 0.000000637. The summed E-state index contributed by atoms with van der Waals surface area (Å²) in [4.78, 5) is 2.41. The standard InChI is InChI=1S/C13H16FNO2.C2H6/c14-10-1-2-11-12(3-6-17-13(11)9-10)15-4-7-16-8-5-15;1-2/h1-2,9,12H,3-8H2;1-2H3. The van der Waals surface area contributed by atoms with Crippen LogP contribution in [-0.2, 0) is 4.74 Å². The molecule has 1 saturated heterocycles. The minimum atomic E-state index is -0.230. The van der Waals surface area contributed by atoms with Crippen molar-refractivity contribution < 1.29 is 13.9 Å². The van der Waals surface area contributed by atoms with Gasteiger partial charge in [0.15, 0.2) is 0 Å². The minimum Gasteiger partial charge on any atom is -0.493 e. The molecule has 0 N–H and O–H groups in total. The summed E-state index contributed by atoms with van der Waals surface area (Å²) in [6.07, 6.45) is 0.971. The molecule has 4 heteroatoms. The van der Waals surface area contributed by atoms with Crippen molar-refractivity contribution in [3.63, 3.8) is 0 Å². The van der Waals surface area contributed by atoms with Gasteiger partial charge in [-0.2, -0.15) is 0 Å². The monoisotopic (exact) mass is 267 g/mol. The lowest BCUT2D eigenvalue weighted by Gasteiger charge is -2.37. The van der Waals surface area contributed by atoms with Crippen LogP contribution < -0.4 is 4.74 Å². The highest BCUT2D eigenvalue weighted by Gasteiger charge is 2.28. The Labute approximate surface area is 114 Å². The Morgan fingerprint density at radius 2 is 1.89 bits per heavy atom. The largest absolute Gasteiger partial charge is 0.493 e. The molecule has 0 amide bonds. The molecule has 0 radical (unpaired) electrons. The molecule has 106 valence electrons. The third-order valence-corrected chi connectivity index (χ3v) is 3.47. The Hall–Kier alpha value is -1.13. The third-order valence-electron chi connectivity index (χ3n) is 3.47. The van der Waals surface area contributed by atoms with E-state index in [9.17, 15) is 4.39 Å². The van der Waals surface area contributed by atoms with E-state index in [0.717, 1.165) is 38.3 Å². The van der Waals surface area contributed by atoms with Gasteiger partial charge in [0.1, 0.15) is 11.6 Å². The Kier molecular flexibility index (Phi) is 5.16. The first-order chi connectivity index (χ1) is 9.34. The average molecular weight is 267 g/mol. The highest BCUT2D eigenvalue weighted by Crippen LogP contribution is 2.36. The molecular formula is C15H22FNO2. The maximum atomic E-state index is 13.2. The topological polar surface area (TPSA) is 21.7 Å². The molecule has 1 aromatic carbocycles. The summed E-state index contributed by atoms with van der Waals surface area (Å²) in [5.74, 6) is 0.471. The van der Waals surface area contributed by atoms with Gasteiger partial charge in [0.05, 0.1) is 19.8 Å². The van der Waals surface area contributed by atoms with Crippen LogP contribution in [0.4, 0.5) is 4.39 Å². The molecule has 3 rings (SSSR count). The summed E-state index contributed by atoms with van der Waals surface area (Å²) in [6, 6.07) is 5.20. The van der Waals surface area contributed by atoms with E-state index in [0.29, 0.717) is 18.4 Å². The summed E-state index contributed by atoms with van der Waals surface area (Å²) in [5, 5.41) is 0. The number of halogens is 1. The number of hydrogen-bond acceptors (Lipinski definition) is 3. The minimum absolute atomic E-state index is 0.230. The Bertz CT molecular complexity index is 405. The van der Waals surface area contributed by atoms with E-state index in [1.807, 2.05) is 19.9 Å². The second-order valence-corrected chi connectivity index (χ2v) is 4.48. The SMILES string of the molecule is CC.Fc1ccc2c(c1)OCCC2N1CCOCC1. The molecule has 0 saturated carbocycles. The van der Waals surface area contributed by atoms with E-state index >= 15 is 0 Å². The second kappa shape index (κ2) is 6.87. The van der Waals surface area contributed by atoms with Gasteiger partial charge in [0, 0.05) is 37.2 Å². The fraction of sp³-hybridized carbons (Fsp3) is 0.600. The molecule has 3 nitrogen and oxygen atoms in total. The second-order valence-electron chi connectivity index (χ2n) is 4.48. The maximum Gasteiger partial charge on any atom is 0.126 e. The molecule has 0 spiro atoms. The van der Waals surface area contributed by atoms with Gasteiger partial charge >= 0.3 is 0 Å². The van der Waals surface area contributed by atoms with Crippen molar-refractivity contribution in [3.8, 4) is 5.75 Å². The molecule has 1 aromatic rings. The lowest BCUT2D eigenvalue weighted by Crippen LogP contribution is -2.40. The number of ether oxygens (including phenoxy) is 2. The quantitative estimate of drug-likeness (QED) is 0.780. The van der Waals surface area contributed by atoms with Gasteiger partial charge in [0.25, 0.3) is 0 Å². The summed E-state index contributed by atoms with van der Waals surface area (Å²) in [6.45, 7) is 8.13. The van der Waals surface area contributed by atoms with Gasteiger partial charge in [-0.05, 0) is 6.07 Å². The van der Waals surface area contributed by atoms with Crippen LogP contribution in [0.2, 0.25) is 0 Å². The number of fused-ring (bicyclic) bond motifs is 1. The fourth-order valence-electron chi connectivity index (χ4n) is 2.61. The van der Waals surface area contributed by atoms with E-state index in [1.54, 1.807) is 0 Å². The van der Waals surface area contributed by atoms with E-state index in [2.05, 4.69) is 4.90 Å². The molecule has 0 bridgehead atoms. The van der Waals surface area contributed by atoms with Gasteiger partial charge in [-0.15, -0.1) is 0 Å². The van der Waals surface area contributed by atoms with E-state index in [1.165, 1.54) is 12.1 Å². The molecule has 2 aliphatic rings. The summed E-state index contributed by atoms with van der Waals surface area (Å²) >= 11 is 0. The molecule has 2 aliphatic heterocycles. The van der Waals surface area contributed by atoms with Crippen molar-refractivity contribution in [2.45, 2.75) is 26.3 Å². The number of hydrogen-bond donors (Lipinski definition) is 0. The molecule has 1 unspecified atom stereocenters. The van der Waals surface area contributed by atoms with Gasteiger partial charge in [0.2, 0.25) is 0 Å². The summed E-state index contributed by atoms with van der Waals surface area (Å²) < 4.78 is 24.0. The average Bonchev–Trinajstić information content (AvgIpc) is 2.49. The Morgan fingerprint density at radius 3 is 2.63 bits per heavy atom. The molecule has 0 aromatic heterocycles. The van der Waals surface area contributed by atoms with E-state index < -0.39 is 0 Å². The lowest BCUT2D eigenvalue weighted by molar-refractivity contribution is 0.00703. The predicted molar refractivity (Wildman–Crippen MR) is 73.0 cm³/mol. The highest BCUT2D eigenvalue weighted by molar-refractivity contribution is 5.38. The van der Waals surface area contributed by atoms with Crippen LogP contribution in [0.25, 0.3) is 0 Å². The van der Waals surface area contributed by atoms with Crippen LogP contribution in [-0.4, -0.2) is 37.8 Å². The number of rotatable bonds is 1. The molecule has 1 fully saturated rings. The normalized spacial score (nSPS) is 22.8. The molecule has 1 atom stereocenters. The van der Waals surface area contributed by atoms with Crippen LogP contribution in [0.15, 0.2) is 18.2 Å². The molecular weight excluding hydrogens is 245 g/mol. The number of benzene rings is 1. The van der Waals surface area contributed by atoms with Crippen LogP contribution in [0.3, 0.4) is 0 Å². The first kappa shape index (κ1) is 14.3. The van der Waals surface area contributed by atoms with Gasteiger partial charge in [-0.25, -0.2) is 4.39 Å². The van der Waals surface area contributed by atoms with Crippen molar-refractivity contribution in [2.24, 2.45) is 0 Å². The third kappa shape index (κ3) is 3.25. The maximum absolute atomic E-state index is 13.2. The fourth-order valence-corrected chi connectivity index (χ4v) is 2.61. The lowest BCUT2D eigenvalue weighted by atomic mass is 9.98. The van der Waals surface area contributed by atoms with Crippen LogP contribution in [0.1, 0.15) is 31.9 Å². The number of nitrogens with zero attached hydrogens (tertiary/aromatic N) is 1. The van der Waals surface area contributed by atoms with Gasteiger partial charge in [-0.1, -0.05) is 19.9 Å². The van der Waals surface area contributed by atoms with Crippen LogP contribution in [0, 0.1) is 5.82 Å². The van der Waals surface area contributed by atoms with Crippen LogP contribution >= 0.6 is 0 Å². The van der Waals surface area contributed by atoms with Crippen LogP contribution in [0.5, 0.6) is 5.75 Å². The van der Waals surface area contributed by atoms with E-state index in [-0.39, 0.29) is 5.82 Å². The summed E-state index contributed by atoms with van der Waals surface area (Å²) in [7, 11) is 0. The predicted octanol–water partition coefficient (Wildman–Crippen LogP) is 3.01. The zero-order valence-corrected chi connectivity index (χ0v) is 11.7. The van der Waals surface area contributed by atoms with Gasteiger partial charge < -0.3 is 9.47 Å². The van der Waals surface area contributed by atoms with Crippen molar-refractivity contribution in [1.82, 2.24) is 4.90 Å². The smallest absolute Gasteiger partial charge is 0.126 e. The first-order valence-electron chi connectivity index (χ1n) is 7.08. The van der Waals surface area contributed by atoms with Crippen molar-refractivity contribution in [1.29, 1.82) is 0 Å². The van der Waals surface area contributed by atoms with Gasteiger partial charge in [-0.3, -0.25) is 4.90 Å². The summed E-state index contributed by atoms with van der Waals surface area (Å²) in [5.41, 5.74) is 1.11. The highest BCUT2D eigenvalue weighted by atomic mass is 19.1. The zero-order valence-electron chi connectivity index (χ0n) is 11.7. The molecule has 19 heavy (non-hydrogen) atoms. The van der Waals surface area contributed by atoms with Crippen molar-refractivity contribution in [2.75, 3.05) is 32.9 Å². The van der Waals surface area contributed by atoms with Crippen molar-refractivity contribution >= 4 is 0 Å². The van der Waals surface area contributed by atoms with E-state index in [4.69, 9.17) is 9.47 Å². The zero-order chi connectivity index (χ0) is 13.7. The number of morpholine rings is 1. The first-order valence-corrected chi connectivity index (χ1v) is 7.08.